The molecule has 1 aliphatic heterocycles. The molecule has 1 saturated heterocycles. The summed E-state index contributed by atoms with van der Waals surface area (Å²) in [6, 6.07) is 0. The lowest BCUT2D eigenvalue weighted by Gasteiger charge is -2.45. The number of rotatable bonds is 3. The lowest BCUT2D eigenvalue weighted by atomic mass is 9.63. The van der Waals surface area contributed by atoms with E-state index in [1.807, 2.05) is 0 Å². The SMILES string of the molecule is O=C1CC(OCC2CCOC2)C12CCCC2. The number of ketones is 1. The molecule has 3 aliphatic rings. The Hall–Kier alpha value is -0.410. The highest BCUT2D eigenvalue weighted by Crippen LogP contribution is 2.52. The number of hydrogen-bond donors (Lipinski definition) is 0. The van der Waals surface area contributed by atoms with Crippen LogP contribution in [-0.4, -0.2) is 31.7 Å². The number of carbonyl (C=O) groups is 1. The van der Waals surface area contributed by atoms with Crippen molar-refractivity contribution >= 4 is 5.78 Å². The summed E-state index contributed by atoms with van der Waals surface area (Å²) in [4.78, 5) is 11.8. The number of hydrogen-bond acceptors (Lipinski definition) is 3. The van der Waals surface area contributed by atoms with Crippen molar-refractivity contribution in [1.82, 2.24) is 0 Å². The van der Waals surface area contributed by atoms with Gasteiger partial charge in [-0.05, 0) is 19.3 Å². The minimum Gasteiger partial charge on any atom is -0.381 e. The maximum Gasteiger partial charge on any atom is 0.144 e. The Morgan fingerprint density at radius 3 is 2.81 bits per heavy atom. The first kappa shape index (κ1) is 10.7. The van der Waals surface area contributed by atoms with E-state index in [-0.39, 0.29) is 11.5 Å². The van der Waals surface area contributed by atoms with E-state index in [4.69, 9.17) is 9.47 Å². The molecule has 0 aromatic carbocycles. The fraction of sp³-hybridized carbons (Fsp3) is 0.923. The summed E-state index contributed by atoms with van der Waals surface area (Å²) in [5.74, 6) is 1.02. The molecule has 90 valence electrons. The molecular weight excluding hydrogens is 204 g/mol. The van der Waals surface area contributed by atoms with Crippen molar-refractivity contribution < 1.29 is 14.3 Å². The molecule has 2 unspecified atom stereocenters. The Kier molecular flexibility index (Phi) is 2.76. The summed E-state index contributed by atoms with van der Waals surface area (Å²) < 4.78 is 11.3. The molecule has 3 rings (SSSR count). The summed E-state index contributed by atoms with van der Waals surface area (Å²) in [5, 5.41) is 0. The second-order valence-corrected chi connectivity index (χ2v) is 5.54. The van der Waals surface area contributed by atoms with Crippen molar-refractivity contribution in [1.29, 1.82) is 0 Å². The Bertz CT molecular complexity index is 275. The molecule has 3 nitrogen and oxygen atoms in total. The third-order valence-electron chi connectivity index (χ3n) is 4.60. The molecule has 1 spiro atoms. The minimum atomic E-state index is -0.0561. The average Bonchev–Trinajstić information content (AvgIpc) is 2.95. The minimum absolute atomic E-state index is 0.0561. The van der Waals surface area contributed by atoms with Crippen LogP contribution < -0.4 is 0 Å². The standard InChI is InChI=1S/C13H20O3/c14-11-7-12(13(11)4-1-2-5-13)16-9-10-3-6-15-8-10/h10,12H,1-9H2. The van der Waals surface area contributed by atoms with Crippen LogP contribution in [0.3, 0.4) is 0 Å². The highest BCUT2D eigenvalue weighted by Gasteiger charge is 2.56. The Morgan fingerprint density at radius 2 is 2.19 bits per heavy atom. The lowest BCUT2D eigenvalue weighted by Crippen LogP contribution is -2.54. The molecule has 0 amide bonds. The second-order valence-electron chi connectivity index (χ2n) is 5.54. The lowest BCUT2D eigenvalue weighted by molar-refractivity contribution is -0.164. The van der Waals surface area contributed by atoms with Crippen molar-refractivity contribution in [2.45, 2.75) is 44.6 Å². The maximum atomic E-state index is 11.8. The van der Waals surface area contributed by atoms with Crippen molar-refractivity contribution in [2.75, 3.05) is 19.8 Å². The highest BCUT2D eigenvalue weighted by molar-refractivity contribution is 5.92. The molecule has 1 heterocycles. The van der Waals surface area contributed by atoms with Gasteiger partial charge >= 0.3 is 0 Å². The zero-order valence-electron chi connectivity index (χ0n) is 9.74. The van der Waals surface area contributed by atoms with Crippen LogP contribution in [-0.2, 0) is 14.3 Å². The molecule has 2 aliphatic carbocycles. The number of Topliss-reactive ketones (excluding diaryl/α,β-unsaturated/α-hetero) is 1. The van der Waals surface area contributed by atoms with Gasteiger partial charge in [-0.1, -0.05) is 12.8 Å². The van der Waals surface area contributed by atoms with E-state index in [0.717, 1.165) is 39.1 Å². The Morgan fingerprint density at radius 1 is 1.38 bits per heavy atom. The molecule has 0 bridgehead atoms. The van der Waals surface area contributed by atoms with E-state index >= 15 is 0 Å². The monoisotopic (exact) mass is 224 g/mol. The van der Waals surface area contributed by atoms with Crippen molar-refractivity contribution in [3.05, 3.63) is 0 Å². The van der Waals surface area contributed by atoms with Crippen molar-refractivity contribution in [3.63, 3.8) is 0 Å². The first-order valence-electron chi connectivity index (χ1n) is 6.54. The van der Waals surface area contributed by atoms with Gasteiger partial charge in [-0.3, -0.25) is 4.79 Å². The third kappa shape index (κ3) is 1.61. The van der Waals surface area contributed by atoms with Crippen LogP contribution in [0.25, 0.3) is 0 Å². The zero-order valence-corrected chi connectivity index (χ0v) is 9.74. The third-order valence-corrected chi connectivity index (χ3v) is 4.60. The van der Waals surface area contributed by atoms with Crippen LogP contribution in [0.15, 0.2) is 0 Å². The van der Waals surface area contributed by atoms with E-state index in [2.05, 4.69) is 0 Å². The molecular formula is C13H20O3. The summed E-state index contributed by atoms with van der Waals surface area (Å²) in [5.41, 5.74) is -0.0561. The molecule has 3 fully saturated rings. The van der Waals surface area contributed by atoms with Crippen molar-refractivity contribution in [3.8, 4) is 0 Å². The molecule has 0 aromatic rings. The van der Waals surface area contributed by atoms with E-state index < -0.39 is 0 Å². The summed E-state index contributed by atoms with van der Waals surface area (Å²) in [6.45, 7) is 2.51. The van der Waals surface area contributed by atoms with E-state index in [1.165, 1.54) is 12.8 Å². The van der Waals surface area contributed by atoms with Crippen LogP contribution >= 0.6 is 0 Å². The molecule has 2 saturated carbocycles. The van der Waals surface area contributed by atoms with Gasteiger partial charge in [0.25, 0.3) is 0 Å². The van der Waals surface area contributed by atoms with Crippen molar-refractivity contribution in [2.24, 2.45) is 11.3 Å². The van der Waals surface area contributed by atoms with E-state index in [1.54, 1.807) is 0 Å². The first-order valence-corrected chi connectivity index (χ1v) is 6.54. The largest absolute Gasteiger partial charge is 0.381 e. The quantitative estimate of drug-likeness (QED) is 0.735. The van der Waals surface area contributed by atoms with E-state index in [9.17, 15) is 4.79 Å². The van der Waals surface area contributed by atoms with Gasteiger partial charge in [-0.15, -0.1) is 0 Å². The van der Waals surface area contributed by atoms with Crippen LogP contribution in [0, 0.1) is 11.3 Å². The average molecular weight is 224 g/mol. The van der Waals surface area contributed by atoms with Gasteiger partial charge in [0.2, 0.25) is 0 Å². The number of carbonyl (C=O) groups excluding carboxylic acids is 1. The van der Waals surface area contributed by atoms with Crippen LogP contribution in [0.4, 0.5) is 0 Å². The Balaban J connectivity index is 1.53. The first-order chi connectivity index (χ1) is 7.81. The maximum absolute atomic E-state index is 11.8. The van der Waals surface area contributed by atoms with Gasteiger partial charge < -0.3 is 9.47 Å². The second kappa shape index (κ2) is 4.11. The molecule has 3 heteroatoms. The Labute approximate surface area is 96.5 Å². The smallest absolute Gasteiger partial charge is 0.144 e. The van der Waals surface area contributed by atoms with Crippen LogP contribution in [0.1, 0.15) is 38.5 Å². The molecule has 0 aromatic heterocycles. The normalized spacial score (nSPS) is 36.9. The summed E-state index contributed by atoms with van der Waals surface area (Å²) in [7, 11) is 0. The van der Waals surface area contributed by atoms with Gasteiger partial charge in [-0.2, -0.15) is 0 Å². The zero-order chi connectivity index (χ0) is 11.0. The van der Waals surface area contributed by atoms with Crippen LogP contribution in [0.2, 0.25) is 0 Å². The van der Waals surface area contributed by atoms with Gasteiger partial charge in [0.15, 0.2) is 0 Å². The van der Waals surface area contributed by atoms with Crippen LogP contribution in [0.5, 0.6) is 0 Å². The predicted octanol–water partition coefficient (Wildman–Crippen LogP) is 1.94. The van der Waals surface area contributed by atoms with Gasteiger partial charge in [0, 0.05) is 18.9 Å². The summed E-state index contributed by atoms with van der Waals surface area (Å²) in [6.07, 6.45) is 6.55. The topological polar surface area (TPSA) is 35.5 Å². The fourth-order valence-electron chi connectivity index (χ4n) is 3.41. The van der Waals surface area contributed by atoms with E-state index in [0.29, 0.717) is 18.1 Å². The van der Waals surface area contributed by atoms with Gasteiger partial charge in [0.1, 0.15) is 5.78 Å². The summed E-state index contributed by atoms with van der Waals surface area (Å²) >= 11 is 0. The fourth-order valence-corrected chi connectivity index (χ4v) is 3.41. The molecule has 0 N–H and O–H groups in total. The van der Waals surface area contributed by atoms with Gasteiger partial charge in [0.05, 0.1) is 24.7 Å². The molecule has 0 radical (unpaired) electrons. The van der Waals surface area contributed by atoms with Gasteiger partial charge in [-0.25, -0.2) is 0 Å². The predicted molar refractivity (Wildman–Crippen MR) is 59.2 cm³/mol. The highest BCUT2D eigenvalue weighted by atomic mass is 16.5. The molecule has 16 heavy (non-hydrogen) atoms. The number of ether oxygens (including phenoxy) is 2. The molecule has 2 atom stereocenters.